The van der Waals surface area contributed by atoms with Gasteiger partial charge in [0.25, 0.3) is 0 Å². The molecule has 0 atom stereocenters. The van der Waals surface area contributed by atoms with Crippen molar-refractivity contribution in [1.82, 2.24) is 9.88 Å². The number of allylic oxidation sites excluding steroid dienone is 2. The summed E-state index contributed by atoms with van der Waals surface area (Å²) in [7, 11) is 6.73. The first-order valence-electron chi connectivity index (χ1n) is 6.88. The molecule has 0 bridgehead atoms. The minimum Gasteiger partial charge on any atom is -0.373 e. The van der Waals surface area contributed by atoms with Gasteiger partial charge < -0.3 is 9.38 Å². The normalized spacial score (nSPS) is 15.5. The van der Waals surface area contributed by atoms with E-state index in [1.54, 1.807) is 0 Å². The fourth-order valence-corrected chi connectivity index (χ4v) is 2.20. The lowest BCUT2D eigenvalue weighted by atomic mass is 10.1. The molecule has 0 amide bonds. The molecule has 1 aliphatic rings. The van der Waals surface area contributed by atoms with Gasteiger partial charge in [0.2, 0.25) is 0 Å². The Hall–Kier alpha value is -1.61. The maximum atomic E-state index is 4.06. The fraction of sp³-hybridized carbons (Fsp3) is 0.438. The fourth-order valence-electron chi connectivity index (χ4n) is 2.20. The average Bonchev–Trinajstić information content (AvgIpc) is 2.39. The van der Waals surface area contributed by atoms with Gasteiger partial charge in [0.05, 0.1) is 27.7 Å². The summed E-state index contributed by atoms with van der Waals surface area (Å²) in [4.78, 5) is 6.43. The summed E-state index contributed by atoms with van der Waals surface area (Å²) in [6, 6.07) is 4.12. The first kappa shape index (κ1) is 13.8. The molecule has 0 aromatic carbocycles. The van der Waals surface area contributed by atoms with Crippen LogP contribution in [0.2, 0.25) is 0 Å². The Labute approximate surface area is 116 Å². The van der Waals surface area contributed by atoms with Crippen molar-refractivity contribution in [1.29, 1.82) is 0 Å². The van der Waals surface area contributed by atoms with Crippen LogP contribution in [0.1, 0.15) is 12.0 Å². The number of hydrogen-bond donors (Lipinski definition) is 0. The SMILES string of the molecule is C[N+](C)(C)CCCN1C=CC(c2ccncc2)=CC1. The lowest BCUT2D eigenvalue weighted by Gasteiger charge is -2.27. The van der Waals surface area contributed by atoms with E-state index < -0.39 is 0 Å². The Morgan fingerprint density at radius 2 is 1.95 bits per heavy atom. The van der Waals surface area contributed by atoms with Gasteiger partial charge in [-0.15, -0.1) is 0 Å². The molecule has 0 unspecified atom stereocenters. The zero-order valence-corrected chi connectivity index (χ0v) is 12.2. The maximum absolute atomic E-state index is 4.06. The second-order valence-corrected chi connectivity index (χ2v) is 6.07. The predicted octanol–water partition coefficient (Wildman–Crippen LogP) is 2.39. The first-order chi connectivity index (χ1) is 9.04. The minimum absolute atomic E-state index is 1.01. The van der Waals surface area contributed by atoms with Crippen molar-refractivity contribution in [2.75, 3.05) is 40.8 Å². The monoisotopic (exact) mass is 258 g/mol. The van der Waals surface area contributed by atoms with E-state index in [1.807, 2.05) is 12.4 Å². The van der Waals surface area contributed by atoms with Crippen LogP contribution in [0, 0.1) is 0 Å². The summed E-state index contributed by atoms with van der Waals surface area (Å²) in [5, 5.41) is 0. The van der Waals surface area contributed by atoms with Crippen molar-refractivity contribution in [3.8, 4) is 0 Å². The molecule has 2 rings (SSSR count). The Morgan fingerprint density at radius 1 is 1.21 bits per heavy atom. The van der Waals surface area contributed by atoms with E-state index in [4.69, 9.17) is 0 Å². The van der Waals surface area contributed by atoms with E-state index in [2.05, 4.69) is 61.5 Å². The summed E-state index contributed by atoms with van der Waals surface area (Å²) in [6.45, 7) is 3.35. The van der Waals surface area contributed by atoms with Crippen molar-refractivity contribution in [2.24, 2.45) is 0 Å². The Balaban J connectivity index is 1.83. The van der Waals surface area contributed by atoms with Crippen molar-refractivity contribution in [3.05, 3.63) is 48.4 Å². The summed E-state index contributed by atoms with van der Waals surface area (Å²) >= 11 is 0. The number of hydrogen-bond acceptors (Lipinski definition) is 2. The van der Waals surface area contributed by atoms with E-state index in [1.165, 1.54) is 24.1 Å². The molecular formula is C16H24N3+. The second-order valence-electron chi connectivity index (χ2n) is 6.07. The van der Waals surface area contributed by atoms with Gasteiger partial charge in [-0.25, -0.2) is 0 Å². The highest BCUT2D eigenvalue weighted by molar-refractivity contribution is 5.74. The minimum atomic E-state index is 1.01. The van der Waals surface area contributed by atoms with E-state index in [0.29, 0.717) is 0 Å². The standard InChI is InChI=1S/C16H24N3/c1-19(2,3)14-4-11-18-12-7-16(8-13-18)15-5-9-17-10-6-15/h5-10,12H,4,11,13-14H2,1-3H3/q+1. The third-order valence-corrected chi connectivity index (χ3v) is 3.30. The number of aromatic nitrogens is 1. The van der Waals surface area contributed by atoms with Crippen molar-refractivity contribution < 1.29 is 4.48 Å². The summed E-state index contributed by atoms with van der Waals surface area (Å²) < 4.78 is 1.04. The van der Waals surface area contributed by atoms with E-state index >= 15 is 0 Å². The number of nitrogens with zero attached hydrogens (tertiary/aromatic N) is 3. The molecule has 102 valence electrons. The van der Waals surface area contributed by atoms with Crippen LogP contribution in [-0.4, -0.2) is 55.1 Å². The summed E-state index contributed by atoms with van der Waals surface area (Å²) in [5.74, 6) is 0. The molecule has 0 N–H and O–H groups in total. The molecule has 19 heavy (non-hydrogen) atoms. The number of pyridine rings is 1. The molecule has 1 aliphatic heterocycles. The number of rotatable bonds is 5. The van der Waals surface area contributed by atoms with Crippen LogP contribution in [0.5, 0.6) is 0 Å². The van der Waals surface area contributed by atoms with Crippen molar-refractivity contribution >= 4 is 5.57 Å². The van der Waals surface area contributed by atoms with Crippen LogP contribution in [-0.2, 0) is 0 Å². The molecule has 0 radical (unpaired) electrons. The van der Waals surface area contributed by atoms with E-state index in [-0.39, 0.29) is 0 Å². The zero-order valence-electron chi connectivity index (χ0n) is 12.2. The van der Waals surface area contributed by atoms with Gasteiger partial charge in [0.15, 0.2) is 0 Å². The van der Waals surface area contributed by atoms with Gasteiger partial charge in [-0.1, -0.05) is 6.08 Å². The Bertz CT molecular complexity index is 455. The zero-order chi connectivity index (χ0) is 13.7. The number of quaternary nitrogens is 1. The molecular weight excluding hydrogens is 234 g/mol. The van der Waals surface area contributed by atoms with Crippen LogP contribution in [0.4, 0.5) is 0 Å². The summed E-state index contributed by atoms with van der Waals surface area (Å²) in [6.07, 6.45) is 11.6. The Kier molecular flexibility index (Phi) is 4.38. The highest BCUT2D eigenvalue weighted by Crippen LogP contribution is 2.18. The van der Waals surface area contributed by atoms with E-state index in [9.17, 15) is 0 Å². The van der Waals surface area contributed by atoms with Crippen LogP contribution in [0.25, 0.3) is 5.57 Å². The molecule has 3 heteroatoms. The molecule has 0 fully saturated rings. The van der Waals surface area contributed by atoms with Gasteiger partial charge in [0.1, 0.15) is 0 Å². The van der Waals surface area contributed by atoms with Crippen molar-refractivity contribution in [2.45, 2.75) is 6.42 Å². The molecule has 0 spiro atoms. The second kappa shape index (κ2) is 6.02. The molecule has 1 aromatic rings. The van der Waals surface area contributed by atoms with Crippen molar-refractivity contribution in [3.63, 3.8) is 0 Å². The van der Waals surface area contributed by atoms with E-state index in [0.717, 1.165) is 17.6 Å². The lowest BCUT2D eigenvalue weighted by molar-refractivity contribution is -0.870. The summed E-state index contributed by atoms with van der Waals surface area (Å²) in [5.41, 5.74) is 2.54. The van der Waals surface area contributed by atoms with Crippen LogP contribution < -0.4 is 0 Å². The lowest BCUT2D eigenvalue weighted by Crippen LogP contribution is -2.37. The molecule has 3 nitrogen and oxygen atoms in total. The maximum Gasteiger partial charge on any atom is 0.0797 e. The average molecular weight is 258 g/mol. The van der Waals surface area contributed by atoms with Gasteiger partial charge in [-0.3, -0.25) is 4.98 Å². The third-order valence-electron chi connectivity index (χ3n) is 3.30. The largest absolute Gasteiger partial charge is 0.373 e. The quantitative estimate of drug-likeness (QED) is 0.754. The van der Waals surface area contributed by atoms with Crippen LogP contribution >= 0.6 is 0 Å². The highest BCUT2D eigenvalue weighted by Gasteiger charge is 2.09. The molecule has 0 saturated carbocycles. The topological polar surface area (TPSA) is 16.1 Å². The predicted molar refractivity (Wildman–Crippen MR) is 80.4 cm³/mol. The van der Waals surface area contributed by atoms with Crippen LogP contribution in [0.15, 0.2) is 42.9 Å². The van der Waals surface area contributed by atoms with Crippen LogP contribution in [0.3, 0.4) is 0 Å². The van der Waals surface area contributed by atoms with Gasteiger partial charge in [-0.05, 0) is 35.5 Å². The van der Waals surface area contributed by atoms with Gasteiger partial charge in [0, 0.05) is 31.9 Å². The third kappa shape index (κ3) is 4.52. The van der Waals surface area contributed by atoms with Gasteiger partial charge in [-0.2, -0.15) is 0 Å². The molecule has 2 heterocycles. The molecule has 0 aliphatic carbocycles. The van der Waals surface area contributed by atoms with Gasteiger partial charge >= 0.3 is 0 Å². The molecule has 0 saturated heterocycles. The highest BCUT2D eigenvalue weighted by atomic mass is 15.3. The molecule has 1 aromatic heterocycles. The first-order valence-corrected chi connectivity index (χ1v) is 6.88. The Morgan fingerprint density at radius 3 is 2.53 bits per heavy atom. The smallest absolute Gasteiger partial charge is 0.0797 e.